The van der Waals surface area contributed by atoms with E-state index in [9.17, 15) is 0 Å². The second kappa shape index (κ2) is 9.12. The molecule has 0 fully saturated rings. The lowest BCUT2D eigenvalue weighted by molar-refractivity contribution is 4.34. The van der Waals surface area contributed by atoms with Crippen LogP contribution in [0.25, 0.3) is 0 Å². The van der Waals surface area contributed by atoms with Crippen molar-refractivity contribution >= 4 is 39.0 Å². The highest BCUT2D eigenvalue weighted by molar-refractivity contribution is 7.17. The summed E-state index contributed by atoms with van der Waals surface area (Å²) in [7, 11) is 3.83. The van der Waals surface area contributed by atoms with Crippen LogP contribution >= 0.6 is 0 Å². The molecule has 0 saturated heterocycles. The van der Waals surface area contributed by atoms with Gasteiger partial charge in [0.15, 0.2) is 0 Å². The van der Waals surface area contributed by atoms with Crippen molar-refractivity contribution in [2.24, 2.45) is 0 Å². The van der Waals surface area contributed by atoms with Crippen molar-refractivity contribution in [3.63, 3.8) is 0 Å². The molecule has 0 aromatic heterocycles. The van der Waals surface area contributed by atoms with E-state index >= 15 is 0 Å². The van der Waals surface area contributed by atoms with Gasteiger partial charge in [-0.2, -0.15) is 0 Å². The molecule has 0 radical (unpaired) electrons. The van der Waals surface area contributed by atoms with E-state index in [0.717, 1.165) is 0 Å². The fraction of sp³-hybridized carbons (Fsp3) is 0. The molecule has 0 unspecified atom stereocenters. The highest BCUT2D eigenvalue weighted by Crippen LogP contribution is 1.03. The molecule has 0 amide bonds. The minimum atomic E-state index is 0. The van der Waals surface area contributed by atoms with Gasteiger partial charge in [0.05, 0.1) is 0 Å². The molecule has 4 heteroatoms. The van der Waals surface area contributed by atoms with Gasteiger partial charge in [0.1, 0.15) is 0 Å². The van der Waals surface area contributed by atoms with Gasteiger partial charge in [0.25, 0.3) is 0 Å². The third-order valence-corrected chi connectivity index (χ3v) is 0. The molecule has 28 valence electrons. The fourth-order valence-corrected chi connectivity index (χ4v) is 0. The van der Waals surface area contributed by atoms with Crippen molar-refractivity contribution < 1.29 is 0 Å². The summed E-state index contributed by atoms with van der Waals surface area (Å²) in [6, 6.07) is 0. The molecule has 0 aliphatic heterocycles. The molecule has 0 saturated carbocycles. The van der Waals surface area contributed by atoms with E-state index in [-0.39, 0.29) is 11.0 Å². The van der Waals surface area contributed by atoms with E-state index in [1.165, 1.54) is 0 Å². The van der Waals surface area contributed by atoms with Gasteiger partial charge in [-0.3, -0.25) is 0 Å². The number of hydrogen-bond acceptors (Lipinski definition) is 0. The van der Waals surface area contributed by atoms with Gasteiger partial charge >= 0.3 is 0 Å². The summed E-state index contributed by atoms with van der Waals surface area (Å²) in [5.74, 6) is 0. The Morgan fingerprint density at radius 1 is 1.25 bits per heavy atom. The first kappa shape index (κ1) is 8.85. The first-order valence-corrected chi connectivity index (χ1v) is 12.7. The van der Waals surface area contributed by atoms with Crippen LogP contribution in [0.3, 0.4) is 0 Å². The zero-order valence-electron chi connectivity index (χ0n) is 2.71. The molecule has 0 aromatic rings. The standard InChI is InChI=1S/H8Si3.H4Si/c1-3-2;/h3H2,1-2H3;1H4. The zero-order chi connectivity index (χ0) is 2.71. The molecule has 0 heterocycles. The monoisotopic (exact) mass is 124 g/mol. The molecule has 0 bridgehead atoms. The molecular weight excluding hydrogens is 112 g/mol. The van der Waals surface area contributed by atoms with Gasteiger partial charge in [0.2, 0.25) is 0 Å². The number of rotatable bonds is 0. The van der Waals surface area contributed by atoms with E-state index in [1.807, 2.05) is 0 Å². The first-order valence-electron chi connectivity index (χ1n) is 1.41. The second-order valence-electron chi connectivity index (χ2n) is 0.707. The maximum Gasteiger partial charge on any atom is -0.0104 e. The second-order valence-corrected chi connectivity index (χ2v) is 19.1. The summed E-state index contributed by atoms with van der Waals surface area (Å²) < 4.78 is 0. The van der Waals surface area contributed by atoms with E-state index in [2.05, 4.69) is 0 Å². The Kier molecular flexibility index (Phi) is 20.2. The fourth-order valence-electron chi connectivity index (χ4n) is 0. The van der Waals surface area contributed by atoms with E-state index in [1.54, 1.807) is 19.5 Å². The summed E-state index contributed by atoms with van der Waals surface area (Å²) in [5.41, 5.74) is 0. The van der Waals surface area contributed by atoms with Gasteiger partial charge in [-0.1, -0.05) is 0 Å². The summed E-state index contributed by atoms with van der Waals surface area (Å²) in [6.45, 7) is 0. The van der Waals surface area contributed by atoms with Crippen LogP contribution in [-0.2, 0) is 0 Å². The average Bonchev–Trinajstić information content (AvgIpc) is 0.918. The van der Waals surface area contributed by atoms with E-state index in [4.69, 9.17) is 0 Å². The lowest BCUT2D eigenvalue weighted by Gasteiger charge is -1.42. The Morgan fingerprint density at radius 2 is 1.25 bits per heavy atom. The van der Waals surface area contributed by atoms with Gasteiger partial charge in [-0.25, -0.2) is 0 Å². The molecule has 0 N–H and O–H groups in total. The average molecular weight is 124 g/mol. The van der Waals surface area contributed by atoms with Crippen LogP contribution in [-0.4, -0.2) is 39.0 Å². The summed E-state index contributed by atoms with van der Waals surface area (Å²) >= 11 is 0. The molecule has 0 aliphatic rings. The van der Waals surface area contributed by atoms with Crippen LogP contribution in [0.15, 0.2) is 0 Å². The highest BCUT2D eigenvalue weighted by atomic mass is 29.5. The Balaban J connectivity index is 0. The summed E-state index contributed by atoms with van der Waals surface area (Å²) in [5, 5.41) is 0. The Hall–Kier alpha value is 0.868. The molecule has 0 spiro atoms. The van der Waals surface area contributed by atoms with Gasteiger partial charge < -0.3 is 0 Å². The number of hydrogen-bond donors (Lipinski definition) is 0. The third kappa shape index (κ3) is 13.3. The molecule has 0 aliphatic carbocycles. The minimum absolute atomic E-state index is 0. The maximum atomic E-state index is 1.57. The van der Waals surface area contributed by atoms with Gasteiger partial charge in [0, 0.05) is 0 Å². The molecular formula is H12Si4. The predicted molar refractivity (Wildman–Crippen MR) is 39.8 cm³/mol. The van der Waals surface area contributed by atoms with Gasteiger partial charge in [-0.05, 0) is 39.0 Å². The van der Waals surface area contributed by atoms with Crippen LogP contribution in [0.1, 0.15) is 0 Å². The topological polar surface area (TPSA) is 0 Å². The Bertz CT molecular complexity index is 0. The lowest BCUT2D eigenvalue weighted by atomic mass is 26.7. The van der Waals surface area contributed by atoms with Crippen LogP contribution in [0.2, 0.25) is 0 Å². The summed E-state index contributed by atoms with van der Waals surface area (Å²) in [4.78, 5) is 0. The maximum absolute atomic E-state index is 1.57. The van der Waals surface area contributed by atoms with Crippen LogP contribution < -0.4 is 0 Å². The highest BCUT2D eigenvalue weighted by Gasteiger charge is 1.40. The van der Waals surface area contributed by atoms with Crippen molar-refractivity contribution in [3.05, 3.63) is 0 Å². The minimum Gasteiger partial charge on any atom is -0.0149 e. The predicted octanol–water partition coefficient (Wildman–Crippen LogP) is -4.74. The zero-order valence-corrected chi connectivity index (χ0v) is 8.12. The Labute approximate surface area is 39.6 Å². The van der Waals surface area contributed by atoms with Crippen LogP contribution in [0.4, 0.5) is 0 Å². The van der Waals surface area contributed by atoms with E-state index in [0.29, 0.717) is 8.55 Å². The normalized spacial score (nSPS) is 9.00. The van der Waals surface area contributed by atoms with Gasteiger partial charge in [-0.15, -0.1) is 0 Å². The molecule has 4 heavy (non-hydrogen) atoms. The van der Waals surface area contributed by atoms with Crippen molar-refractivity contribution in [2.45, 2.75) is 0 Å². The molecule has 0 aromatic carbocycles. The van der Waals surface area contributed by atoms with Crippen LogP contribution in [0.5, 0.6) is 0 Å². The first-order chi connectivity index (χ1) is 1.41. The SMILES string of the molecule is [SiH3][SiH2][SiH3].[SiH4]. The third-order valence-electron chi connectivity index (χ3n) is 0. The quantitative estimate of drug-likeness (QED) is 0.285. The van der Waals surface area contributed by atoms with Crippen LogP contribution in [0, 0.1) is 0 Å². The molecule has 0 rings (SSSR count). The smallest absolute Gasteiger partial charge is 0.0104 e. The van der Waals surface area contributed by atoms with Crippen molar-refractivity contribution in [3.8, 4) is 0 Å². The lowest BCUT2D eigenvalue weighted by Crippen LogP contribution is -1.79. The molecule has 0 nitrogen and oxygen atoms in total. The largest absolute Gasteiger partial charge is 0.0149 e. The van der Waals surface area contributed by atoms with Crippen molar-refractivity contribution in [1.82, 2.24) is 0 Å². The molecule has 0 atom stereocenters. The van der Waals surface area contributed by atoms with E-state index < -0.39 is 0 Å². The van der Waals surface area contributed by atoms with Crippen molar-refractivity contribution in [1.29, 1.82) is 0 Å². The van der Waals surface area contributed by atoms with Crippen molar-refractivity contribution in [2.75, 3.05) is 0 Å². The Morgan fingerprint density at radius 3 is 1.25 bits per heavy atom. The summed E-state index contributed by atoms with van der Waals surface area (Å²) in [6.07, 6.45) is 0.